The van der Waals surface area contributed by atoms with Gasteiger partial charge in [-0.3, -0.25) is 14.3 Å². The predicted octanol–water partition coefficient (Wildman–Crippen LogP) is 1.89. The van der Waals surface area contributed by atoms with E-state index < -0.39 is 15.9 Å². The van der Waals surface area contributed by atoms with Crippen molar-refractivity contribution in [2.45, 2.75) is 19.4 Å². The lowest BCUT2D eigenvalue weighted by Crippen LogP contribution is -2.29. The van der Waals surface area contributed by atoms with Crippen molar-refractivity contribution >= 4 is 27.3 Å². The van der Waals surface area contributed by atoms with Crippen LogP contribution in [0.1, 0.15) is 12.8 Å². The van der Waals surface area contributed by atoms with Gasteiger partial charge < -0.3 is 4.57 Å². The molecule has 0 aliphatic carbocycles. The third-order valence-corrected chi connectivity index (χ3v) is 5.41. The summed E-state index contributed by atoms with van der Waals surface area (Å²) < 4.78 is 25.4. The molecule has 0 saturated carbocycles. The number of nitrogens with zero attached hydrogens (tertiary/aromatic N) is 3. The molecule has 146 valence electrons. The van der Waals surface area contributed by atoms with Gasteiger partial charge in [0.25, 0.3) is 5.56 Å². The van der Waals surface area contributed by atoms with Gasteiger partial charge in [-0.25, -0.2) is 8.42 Å². The number of hydrogen-bond acceptors (Lipinski definition) is 7. The minimum absolute atomic E-state index is 0.0120. The maximum Gasteiger partial charge on any atom is 0.251 e. The van der Waals surface area contributed by atoms with Gasteiger partial charge in [-0.05, 0) is 12.5 Å². The Morgan fingerprint density at radius 3 is 2.43 bits per heavy atom. The van der Waals surface area contributed by atoms with Gasteiger partial charge in [0.05, 0.1) is 6.26 Å². The highest BCUT2D eigenvalue weighted by Crippen LogP contribution is 2.28. The van der Waals surface area contributed by atoms with Gasteiger partial charge in [0.1, 0.15) is 10.0 Å². The predicted molar refractivity (Wildman–Crippen MR) is 107 cm³/mol. The summed E-state index contributed by atoms with van der Waals surface area (Å²) in [6.07, 6.45) is 2.91. The molecule has 1 amide bonds. The zero-order chi connectivity index (χ0) is 20.1. The Hall–Kier alpha value is -2.85. The minimum Gasteiger partial charge on any atom is -0.315 e. The third kappa shape index (κ3) is 5.33. The second-order valence-corrected chi connectivity index (χ2v) is 8.85. The highest BCUT2D eigenvalue weighted by atomic mass is 32.2. The molecule has 2 heterocycles. The molecule has 0 radical (unpaired) electrons. The van der Waals surface area contributed by atoms with Crippen LogP contribution in [-0.2, 0) is 21.4 Å². The second kappa shape index (κ2) is 8.44. The molecule has 0 atom stereocenters. The molecule has 10 heteroatoms. The Kier molecular flexibility index (Phi) is 6.00. The van der Waals surface area contributed by atoms with E-state index in [1.165, 1.54) is 22.0 Å². The van der Waals surface area contributed by atoms with Gasteiger partial charge in [0, 0.05) is 36.4 Å². The van der Waals surface area contributed by atoms with Crippen LogP contribution in [0, 0.1) is 0 Å². The number of carbonyl (C=O) groups is 1. The van der Waals surface area contributed by atoms with E-state index in [4.69, 9.17) is 0 Å². The van der Waals surface area contributed by atoms with Gasteiger partial charge in [-0.1, -0.05) is 41.7 Å². The first-order chi connectivity index (χ1) is 13.3. The van der Waals surface area contributed by atoms with E-state index in [0.29, 0.717) is 23.5 Å². The maximum absolute atomic E-state index is 12.3. The number of pyridine rings is 1. The topological polar surface area (TPSA) is 111 Å². The first-order valence-corrected chi connectivity index (χ1v) is 11.1. The number of aromatic nitrogens is 3. The second-order valence-electron chi connectivity index (χ2n) is 6.13. The highest BCUT2D eigenvalue weighted by Gasteiger charge is 2.11. The summed E-state index contributed by atoms with van der Waals surface area (Å²) in [5.74, 6) is -0.588. The van der Waals surface area contributed by atoms with Crippen LogP contribution in [0.5, 0.6) is 0 Å². The first-order valence-electron chi connectivity index (χ1n) is 8.42. The zero-order valence-electron chi connectivity index (χ0n) is 15.0. The molecule has 0 unspecified atom stereocenters. The number of hydrogen-bond donors (Lipinski definition) is 1. The molecule has 1 aromatic carbocycles. The molecule has 0 saturated heterocycles. The van der Waals surface area contributed by atoms with Crippen molar-refractivity contribution in [3.63, 3.8) is 0 Å². The van der Waals surface area contributed by atoms with Crippen molar-refractivity contribution in [3.8, 4) is 21.1 Å². The highest BCUT2D eigenvalue weighted by molar-refractivity contribution is 7.89. The van der Waals surface area contributed by atoms with Crippen LogP contribution in [0.4, 0.5) is 0 Å². The number of nitrogens with one attached hydrogen (secondary N) is 1. The summed E-state index contributed by atoms with van der Waals surface area (Å²) >= 11 is 1.40. The molecule has 28 heavy (non-hydrogen) atoms. The summed E-state index contributed by atoms with van der Waals surface area (Å²) in [4.78, 5) is 23.8. The van der Waals surface area contributed by atoms with E-state index in [1.807, 2.05) is 35.1 Å². The lowest BCUT2D eigenvalue weighted by Gasteiger charge is -2.06. The van der Waals surface area contributed by atoms with Crippen LogP contribution in [0.15, 0.2) is 53.5 Å². The van der Waals surface area contributed by atoms with Crippen molar-refractivity contribution in [2.24, 2.45) is 0 Å². The summed E-state index contributed by atoms with van der Waals surface area (Å²) in [6.45, 7) is 0.307. The number of carbonyl (C=O) groups excluding carboxylic acids is 1. The largest absolute Gasteiger partial charge is 0.315 e. The lowest BCUT2D eigenvalue weighted by atomic mass is 10.2. The fourth-order valence-electron chi connectivity index (χ4n) is 2.53. The molecule has 1 N–H and O–H groups in total. The standard InChI is InChI=1S/C18H18N4O4S2/c1-28(25,26)21-15(23)8-5-10-22-11-9-14(12-16(22)24)18-20-19-17(27-18)13-6-3-2-4-7-13/h2-4,6-7,9,11-12H,5,8,10H2,1H3,(H,21,23). The van der Waals surface area contributed by atoms with Crippen LogP contribution >= 0.6 is 11.3 Å². The van der Waals surface area contributed by atoms with Crippen LogP contribution in [-0.4, -0.2) is 35.3 Å². The van der Waals surface area contributed by atoms with Crippen molar-refractivity contribution in [1.82, 2.24) is 19.5 Å². The monoisotopic (exact) mass is 418 g/mol. The Balaban J connectivity index is 1.65. The van der Waals surface area contributed by atoms with Gasteiger partial charge in [-0.2, -0.15) is 0 Å². The molecule has 0 fully saturated rings. The maximum atomic E-state index is 12.3. The summed E-state index contributed by atoms with van der Waals surface area (Å²) in [7, 11) is -3.56. The summed E-state index contributed by atoms with van der Waals surface area (Å²) in [5, 5.41) is 9.77. The smallest absolute Gasteiger partial charge is 0.251 e. The fraction of sp³-hybridized carbons (Fsp3) is 0.222. The molecule has 3 rings (SSSR count). The quantitative estimate of drug-likeness (QED) is 0.627. The van der Waals surface area contributed by atoms with E-state index in [-0.39, 0.29) is 12.0 Å². The van der Waals surface area contributed by atoms with Crippen molar-refractivity contribution in [2.75, 3.05) is 6.26 Å². The molecule has 0 aliphatic heterocycles. The van der Waals surface area contributed by atoms with Crippen LogP contribution in [0.2, 0.25) is 0 Å². The van der Waals surface area contributed by atoms with Crippen molar-refractivity contribution in [1.29, 1.82) is 0 Å². The zero-order valence-corrected chi connectivity index (χ0v) is 16.7. The Morgan fingerprint density at radius 2 is 1.79 bits per heavy atom. The van der Waals surface area contributed by atoms with Crippen molar-refractivity contribution in [3.05, 3.63) is 59.0 Å². The van der Waals surface area contributed by atoms with Gasteiger partial charge >= 0.3 is 0 Å². The van der Waals surface area contributed by atoms with Crippen molar-refractivity contribution < 1.29 is 13.2 Å². The van der Waals surface area contributed by atoms with E-state index in [2.05, 4.69) is 10.2 Å². The Labute approximate surface area is 165 Å². The average Bonchev–Trinajstić information content (AvgIpc) is 3.12. The molecule has 2 aromatic heterocycles. The minimum atomic E-state index is -3.56. The normalized spacial score (nSPS) is 11.3. The van der Waals surface area contributed by atoms with Gasteiger partial charge in [0.15, 0.2) is 0 Å². The fourth-order valence-corrected chi connectivity index (χ4v) is 3.89. The third-order valence-electron chi connectivity index (χ3n) is 3.79. The summed E-state index contributed by atoms with van der Waals surface area (Å²) in [6, 6.07) is 12.9. The van der Waals surface area contributed by atoms with Crippen LogP contribution in [0.25, 0.3) is 21.1 Å². The van der Waals surface area contributed by atoms with Crippen LogP contribution < -0.4 is 10.3 Å². The molecule has 0 spiro atoms. The molecule has 0 aliphatic rings. The molecular weight excluding hydrogens is 400 g/mol. The molecule has 8 nitrogen and oxygen atoms in total. The number of amides is 1. The molecule has 3 aromatic rings. The van der Waals surface area contributed by atoms with Gasteiger partial charge in [0.2, 0.25) is 15.9 Å². The van der Waals surface area contributed by atoms with Crippen LogP contribution in [0.3, 0.4) is 0 Å². The lowest BCUT2D eigenvalue weighted by molar-refractivity contribution is -0.119. The van der Waals surface area contributed by atoms with Gasteiger partial charge in [-0.15, -0.1) is 10.2 Å². The number of rotatable bonds is 7. The molecule has 0 bridgehead atoms. The Morgan fingerprint density at radius 1 is 1.11 bits per heavy atom. The first kappa shape index (κ1) is 19.9. The number of aryl methyl sites for hydroxylation is 1. The number of benzene rings is 1. The Bertz CT molecular complexity index is 1140. The van der Waals surface area contributed by atoms with E-state index in [9.17, 15) is 18.0 Å². The number of sulfonamides is 1. The van der Waals surface area contributed by atoms with E-state index in [1.54, 1.807) is 12.3 Å². The van der Waals surface area contributed by atoms with E-state index in [0.717, 1.165) is 16.8 Å². The summed E-state index contributed by atoms with van der Waals surface area (Å²) in [5.41, 5.74) is 1.42. The SMILES string of the molecule is CS(=O)(=O)NC(=O)CCCn1ccc(-c2nnc(-c3ccccc3)s2)cc1=O. The van der Waals surface area contributed by atoms with E-state index >= 15 is 0 Å². The average molecular weight is 419 g/mol. The molecular formula is C18H18N4O4S2.